The van der Waals surface area contributed by atoms with Crippen LogP contribution in [0, 0.1) is 0 Å². The fourth-order valence-corrected chi connectivity index (χ4v) is 1.48. The molecule has 0 aliphatic carbocycles. The molecule has 1 aromatic rings. The second-order valence-corrected chi connectivity index (χ2v) is 3.43. The number of rotatable bonds is 4. The van der Waals surface area contributed by atoms with Crippen molar-refractivity contribution in [2.75, 3.05) is 6.54 Å². The molecule has 14 heavy (non-hydrogen) atoms. The lowest BCUT2D eigenvalue weighted by molar-refractivity contribution is -0.136. The van der Waals surface area contributed by atoms with Gasteiger partial charge in [-0.25, -0.2) is 0 Å². The number of aliphatic carboxylic acids is 1. The third-order valence-corrected chi connectivity index (χ3v) is 2.28. The molecule has 76 valence electrons. The highest BCUT2D eigenvalue weighted by molar-refractivity contribution is 6.31. The van der Waals surface area contributed by atoms with Crippen LogP contribution in [0.3, 0.4) is 0 Å². The zero-order valence-corrected chi connectivity index (χ0v) is 8.58. The normalized spacial score (nSPS) is 12.4. The molecule has 0 bridgehead atoms. The molecule has 0 amide bonds. The topological polar surface area (TPSA) is 49.3 Å². The van der Waals surface area contributed by atoms with Gasteiger partial charge < -0.3 is 10.4 Å². The van der Waals surface area contributed by atoms with Crippen molar-refractivity contribution in [2.45, 2.75) is 13.0 Å². The minimum Gasteiger partial charge on any atom is -0.480 e. The molecule has 0 fully saturated rings. The highest BCUT2D eigenvalue weighted by Gasteiger charge is 2.09. The van der Waals surface area contributed by atoms with E-state index in [9.17, 15) is 4.79 Å². The predicted octanol–water partition coefficient (Wildman–Crippen LogP) is 2.08. The molecule has 1 atom stereocenters. The molecule has 4 heteroatoms. The van der Waals surface area contributed by atoms with Gasteiger partial charge in [-0.1, -0.05) is 29.8 Å². The van der Waals surface area contributed by atoms with Crippen LogP contribution < -0.4 is 5.32 Å². The second kappa shape index (κ2) is 4.98. The Hall–Kier alpha value is -1.06. The van der Waals surface area contributed by atoms with Gasteiger partial charge in [0.15, 0.2) is 0 Å². The Labute approximate surface area is 87.7 Å². The van der Waals surface area contributed by atoms with E-state index in [1.807, 2.05) is 25.1 Å². The Bertz CT molecular complexity index is 328. The summed E-state index contributed by atoms with van der Waals surface area (Å²) in [5, 5.41) is 12.0. The number of hydrogen-bond donors (Lipinski definition) is 2. The first-order chi connectivity index (χ1) is 6.61. The number of hydrogen-bond acceptors (Lipinski definition) is 2. The summed E-state index contributed by atoms with van der Waals surface area (Å²) in [6.45, 7) is 1.82. The van der Waals surface area contributed by atoms with Gasteiger partial charge in [0.25, 0.3) is 0 Å². The van der Waals surface area contributed by atoms with Crippen molar-refractivity contribution < 1.29 is 9.90 Å². The predicted molar refractivity (Wildman–Crippen MR) is 55.5 cm³/mol. The van der Waals surface area contributed by atoms with E-state index in [0.717, 1.165) is 5.56 Å². The van der Waals surface area contributed by atoms with Gasteiger partial charge in [-0.05, 0) is 18.6 Å². The molecule has 0 saturated carbocycles. The maximum atomic E-state index is 10.3. The summed E-state index contributed by atoms with van der Waals surface area (Å²) in [5.41, 5.74) is 0.912. The Kier molecular flexibility index (Phi) is 3.92. The van der Waals surface area contributed by atoms with Crippen LogP contribution in [-0.4, -0.2) is 17.6 Å². The molecule has 0 aliphatic heterocycles. The third kappa shape index (κ3) is 3.01. The highest BCUT2D eigenvalue weighted by atomic mass is 35.5. The number of carboxylic acids is 1. The van der Waals surface area contributed by atoms with Crippen LogP contribution in [0.5, 0.6) is 0 Å². The lowest BCUT2D eigenvalue weighted by Gasteiger charge is -2.13. The molecule has 3 nitrogen and oxygen atoms in total. The van der Waals surface area contributed by atoms with Crippen molar-refractivity contribution in [3.63, 3.8) is 0 Å². The van der Waals surface area contributed by atoms with E-state index >= 15 is 0 Å². The first-order valence-corrected chi connectivity index (χ1v) is 4.68. The molecule has 0 unspecified atom stereocenters. The number of benzene rings is 1. The molecule has 2 N–H and O–H groups in total. The van der Waals surface area contributed by atoms with Gasteiger partial charge in [0.2, 0.25) is 0 Å². The average molecular weight is 214 g/mol. The molecular formula is C10H12ClNO2. The van der Waals surface area contributed by atoms with Crippen LogP contribution >= 0.6 is 11.6 Å². The molecule has 0 saturated heterocycles. The zero-order chi connectivity index (χ0) is 10.6. The Morgan fingerprint density at radius 3 is 2.79 bits per heavy atom. The molecule has 0 spiro atoms. The van der Waals surface area contributed by atoms with Crippen LogP contribution in [0.4, 0.5) is 0 Å². The van der Waals surface area contributed by atoms with Crippen molar-refractivity contribution >= 4 is 17.6 Å². The van der Waals surface area contributed by atoms with E-state index < -0.39 is 5.97 Å². The largest absolute Gasteiger partial charge is 0.480 e. The van der Waals surface area contributed by atoms with Crippen molar-refractivity contribution in [3.8, 4) is 0 Å². The molecule has 0 radical (unpaired) electrons. The summed E-state index contributed by atoms with van der Waals surface area (Å²) in [7, 11) is 0. The van der Waals surface area contributed by atoms with Crippen molar-refractivity contribution in [3.05, 3.63) is 34.9 Å². The molecule has 0 aromatic heterocycles. The van der Waals surface area contributed by atoms with Crippen LogP contribution in [0.2, 0.25) is 5.02 Å². The van der Waals surface area contributed by atoms with E-state index in [0.29, 0.717) is 5.02 Å². The minimum atomic E-state index is -0.871. The second-order valence-electron chi connectivity index (χ2n) is 3.02. The van der Waals surface area contributed by atoms with Gasteiger partial charge >= 0.3 is 5.97 Å². The maximum Gasteiger partial charge on any atom is 0.317 e. The Balaban J connectivity index is 2.65. The monoisotopic (exact) mass is 213 g/mol. The number of carboxylic acid groups (broad SMARTS) is 1. The lowest BCUT2D eigenvalue weighted by atomic mass is 10.1. The lowest BCUT2D eigenvalue weighted by Crippen LogP contribution is -2.25. The van der Waals surface area contributed by atoms with Crippen molar-refractivity contribution in [1.82, 2.24) is 5.32 Å². The smallest absolute Gasteiger partial charge is 0.317 e. The summed E-state index contributed by atoms with van der Waals surface area (Å²) < 4.78 is 0. The average Bonchev–Trinajstić information content (AvgIpc) is 2.15. The van der Waals surface area contributed by atoms with Crippen LogP contribution in [0.25, 0.3) is 0 Å². The van der Waals surface area contributed by atoms with E-state index in [1.165, 1.54) is 0 Å². The van der Waals surface area contributed by atoms with Crippen LogP contribution in [-0.2, 0) is 4.79 Å². The molecule has 1 aromatic carbocycles. The summed E-state index contributed by atoms with van der Waals surface area (Å²) in [6, 6.07) is 7.33. The minimum absolute atomic E-state index is 0.0557. The molecule has 0 heterocycles. The van der Waals surface area contributed by atoms with Crippen LogP contribution in [0.1, 0.15) is 18.5 Å². The summed E-state index contributed by atoms with van der Waals surface area (Å²) in [4.78, 5) is 10.3. The first kappa shape index (κ1) is 11.0. The number of nitrogens with one attached hydrogen (secondary N) is 1. The van der Waals surface area contributed by atoms with E-state index in [-0.39, 0.29) is 12.6 Å². The number of halogens is 1. The molecule has 1 rings (SSSR count). The van der Waals surface area contributed by atoms with Crippen molar-refractivity contribution in [2.24, 2.45) is 0 Å². The van der Waals surface area contributed by atoms with E-state index in [1.54, 1.807) is 6.07 Å². The summed E-state index contributed by atoms with van der Waals surface area (Å²) in [6.07, 6.45) is 0. The van der Waals surface area contributed by atoms with Gasteiger partial charge in [-0.3, -0.25) is 4.79 Å². The van der Waals surface area contributed by atoms with E-state index in [4.69, 9.17) is 16.7 Å². The summed E-state index contributed by atoms with van der Waals surface area (Å²) in [5.74, 6) is -0.871. The number of carbonyl (C=O) groups is 1. The SMILES string of the molecule is C[C@@H](NCC(=O)O)c1ccccc1Cl. The van der Waals surface area contributed by atoms with Gasteiger partial charge in [0, 0.05) is 11.1 Å². The standard InChI is InChI=1S/C10H12ClNO2/c1-7(12-6-10(13)14)8-4-2-3-5-9(8)11/h2-5,7,12H,6H2,1H3,(H,13,14)/t7-/m1/s1. The first-order valence-electron chi connectivity index (χ1n) is 4.31. The molecule has 0 aliphatic rings. The Morgan fingerprint density at radius 2 is 2.21 bits per heavy atom. The van der Waals surface area contributed by atoms with Gasteiger partial charge in [0.05, 0.1) is 6.54 Å². The zero-order valence-electron chi connectivity index (χ0n) is 7.83. The third-order valence-electron chi connectivity index (χ3n) is 1.93. The Morgan fingerprint density at radius 1 is 1.57 bits per heavy atom. The highest BCUT2D eigenvalue weighted by Crippen LogP contribution is 2.21. The van der Waals surface area contributed by atoms with Crippen LogP contribution in [0.15, 0.2) is 24.3 Å². The van der Waals surface area contributed by atoms with E-state index in [2.05, 4.69) is 5.32 Å². The summed E-state index contributed by atoms with van der Waals surface area (Å²) >= 11 is 5.95. The fraction of sp³-hybridized carbons (Fsp3) is 0.300. The fourth-order valence-electron chi connectivity index (χ4n) is 1.18. The van der Waals surface area contributed by atoms with Gasteiger partial charge in [-0.15, -0.1) is 0 Å². The van der Waals surface area contributed by atoms with Crippen molar-refractivity contribution in [1.29, 1.82) is 0 Å². The quantitative estimate of drug-likeness (QED) is 0.805. The van der Waals surface area contributed by atoms with Gasteiger partial charge in [0.1, 0.15) is 0 Å². The van der Waals surface area contributed by atoms with Gasteiger partial charge in [-0.2, -0.15) is 0 Å². The molecular weight excluding hydrogens is 202 g/mol. The maximum absolute atomic E-state index is 10.3.